The fraction of sp³-hybridized carbons (Fsp3) is 0.357. The zero-order valence-corrected chi connectivity index (χ0v) is 11.2. The van der Waals surface area contributed by atoms with Gasteiger partial charge >= 0.3 is 0 Å². The van der Waals surface area contributed by atoms with E-state index < -0.39 is 0 Å². The van der Waals surface area contributed by atoms with E-state index in [0.717, 1.165) is 17.7 Å². The molecule has 0 aliphatic carbocycles. The summed E-state index contributed by atoms with van der Waals surface area (Å²) in [5.74, 6) is 0.258. The number of halogens is 1. The molecule has 1 aromatic carbocycles. The maximum absolute atomic E-state index is 13.5. The lowest BCUT2D eigenvalue weighted by Gasteiger charge is -2.08. The number of nitrogens with one attached hydrogen (secondary N) is 1. The molecule has 1 N–H and O–H groups in total. The number of ether oxygens (including phenoxy) is 1. The Morgan fingerprint density at radius 2 is 2.16 bits per heavy atom. The minimum absolute atomic E-state index is 0.281. The lowest BCUT2D eigenvalue weighted by molar-refractivity contribution is 0.304. The lowest BCUT2D eigenvalue weighted by atomic mass is 10.2. The Hall–Kier alpha value is -1.88. The quantitative estimate of drug-likeness (QED) is 0.868. The van der Waals surface area contributed by atoms with Crippen molar-refractivity contribution in [2.24, 2.45) is 7.05 Å². The molecule has 0 aliphatic rings. The molecule has 2 aromatic rings. The van der Waals surface area contributed by atoms with E-state index in [9.17, 15) is 4.39 Å². The summed E-state index contributed by atoms with van der Waals surface area (Å²) in [6.07, 6.45) is 3.61. The summed E-state index contributed by atoms with van der Waals surface area (Å²) >= 11 is 0. The minimum atomic E-state index is -0.281. The Bertz CT molecular complexity index is 539. The molecule has 102 valence electrons. The van der Waals surface area contributed by atoms with Gasteiger partial charge in [-0.3, -0.25) is 4.68 Å². The predicted octanol–water partition coefficient (Wildman–Crippen LogP) is 2.25. The smallest absolute Gasteiger partial charge is 0.127 e. The van der Waals surface area contributed by atoms with Crippen LogP contribution < -0.4 is 10.1 Å². The lowest BCUT2D eigenvalue weighted by Crippen LogP contribution is -2.12. The van der Waals surface area contributed by atoms with Crippen molar-refractivity contribution in [3.8, 4) is 5.75 Å². The van der Waals surface area contributed by atoms with Crippen molar-refractivity contribution in [3.05, 3.63) is 47.5 Å². The van der Waals surface area contributed by atoms with E-state index in [-0.39, 0.29) is 5.82 Å². The summed E-state index contributed by atoms with van der Waals surface area (Å²) in [7, 11) is 1.85. The van der Waals surface area contributed by atoms with Gasteiger partial charge in [-0.05, 0) is 24.2 Å². The number of benzene rings is 1. The van der Waals surface area contributed by atoms with E-state index in [2.05, 4.69) is 10.4 Å². The number of hydrogen-bond donors (Lipinski definition) is 1. The van der Waals surface area contributed by atoms with Crippen molar-refractivity contribution in [1.82, 2.24) is 15.1 Å². The molecule has 0 saturated heterocycles. The molecular formula is C14H18FN3O. The van der Waals surface area contributed by atoms with Crippen molar-refractivity contribution in [2.75, 3.05) is 6.54 Å². The molecule has 4 nitrogen and oxygen atoms in total. The molecule has 1 aromatic heterocycles. The summed E-state index contributed by atoms with van der Waals surface area (Å²) in [4.78, 5) is 0. The minimum Gasteiger partial charge on any atom is -0.489 e. The largest absolute Gasteiger partial charge is 0.489 e. The molecule has 0 saturated carbocycles. The summed E-state index contributed by atoms with van der Waals surface area (Å²) in [5.41, 5.74) is 1.84. The highest BCUT2D eigenvalue weighted by Crippen LogP contribution is 2.17. The summed E-state index contributed by atoms with van der Waals surface area (Å²) in [6.45, 7) is 3.89. The molecule has 0 atom stereocenters. The van der Waals surface area contributed by atoms with E-state index in [1.165, 1.54) is 12.1 Å². The van der Waals surface area contributed by atoms with Crippen LogP contribution in [0.5, 0.6) is 5.75 Å². The Kier molecular flexibility index (Phi) is 4.52. The van der Waals surface area contributed by atoms with Crippen LogP contribution in [0.4, 0.5) is 4.39 Å². The molecule has 19 heavy (non-hydrogen) atoms. The van der Waals surface area contributed by atoms with Gasteiger partial charge in [0, 0.05) is 31.4 Å². The fourth-order valence-electron chi connectivity index (χ4n) is 1.79. The first-order valence-electron chi connectivity index (χ1n) is 6.28. The second-order valence-corrected chi connectivity index (χ2v) is 4.39. The standard InChI is InChI=1S/C14H18FN3O/c1-3-16-7-11-4-13(15)6-14(5-11)19-10-12-8-17-18(2)9-12/h4-6,8-9,16H,3,7,10H2,1-2H3. The van der Waals surface area contributed by atoms with Crippen molar-refractivity contribution in [2.45, 2.75) is 20.1 Å². The summed E-state index contributed by atoms with van der Waals surface area (Å²) in [6, 6.07) is 4.76. The van der Waals surface area contributed by atoms with Gasteiger partial charge in [-0.1, -0.05) is 6.92 Å². The van der Waals surface area contributed by atoms with Gasteiger partial charge in [0.15, 0.2) is 0 Å². The second-order valence-electron chi connectivity index (χ2n) is 4.39. The third-order valence-electron chi connectivity index (χ3n) is 2.67. The number of hydrogen-bond acceptors (Lipinski definition) is 3. The molecule has 5 heteroatoms. The fourth-order valence-corrected chi connectivity index (χ4v) is 1.79. The normalized spacial score (nSPS) is 10.7. The van der Waals surface area contributed by atoms with E-state index in [4.69, 9.17) is 4.74 Å². The van der Waals surface area contributed by atoms with Gasteiger partial charge in [-0.15, -0.1) is 0 Å². The van der Waals surface area contributed by atoms with Crippen LogP contribution in [0.1, 0.15) is 18.1 Å². The molecule has 0 amide bonds. The Balaban J connectivity index is 2.01. The first kappa shape index (κ1) is 13.5. The first-order chi connectivity index (χ1) is 9.17. The SMILES string of the molecule is CCNCc1cc(F)cc(OCc2cnn(C)c2)c1. The van der Waals surface area contributed by atoms with Gasteiger partial charge < -0.3 is 10.1 Å². The zero-order valence-electron chi connectivity index (χ0n) is 11.2. The monoisotopic (exact) mass is 263 g/mol. The number of nitrogens with zero attached hydrogens (tertiary/aromatic N) is 2. The topological polar surface area (TPSA) is 39.1 Å². The highest BCUT2D eigenvalue weighted by molar-refractivity contribution is 5.29. The van der Waals surface area contributed by atoms with Crippen molar-refractivity contribution < 1.29 is 9.13 Å². The van der Waals surface area contributed by atoms with Gasteiger partial charge in [0.05, 0.1) is 6.20 Å². The maximum atomic E-state index is 13.5. The maximum Gasteiger partial charge on any atom is 0.127 e. The Morgan fingerprint density at radius 3 is 2.84 bits per heavy atom. The summed E-state index contributed by atoms with van der Waals surface area (Å²) in [5, 5.41) is 7.22. The summed E-state index contributed by atoms with van der Waals surface area (Å²) < 4.78 is 20.8. The first-order valence-corrected chi connectivity index (χ1v) is 6.28. The molecular weight excluding hydrogens is 245 g/mol. The van der Waals surface area contributed by atoms with E-state index in [1.807, 2.05) is 26.2 Å². The van der Waals surface area contributed by atoms with Gasteiger partial charge in [0.2, 0.25) is 0 Å². The molecule has 0 bridgehead atoms. The number of aryl methyl sites for hydroxylation is 1. The van der Waals surface area contributed by atoms with Crippen molar-refractivity contribution in [3.63, 3.8) is 0 Å². The van der Waals surface area contributed by atoms with Crippen LogP contribution in [0.15, 0.2) is 30.6 Å². The third kappa shape index (κ3) is 4.06. The van der Waals surface area contributed by atoms with Crippen molar-refractivity contribution >= 4 is 0 Å². The second kappa shape index (κ2) is 6.33. The highest BCUT2D eigenvalue weighted by atomic mass is 19.1. The van der Waals surface area contributed by atoms with E-state index in [1.54, 1.807) is 10.9 Å². The molecule has 1 heterocycles. The van der Waals surface area contributed by atoms with Crippen molar-refractivity contribution in [1.29, 1.82) is 0 Å². The molecule has 0 unspecified atom stereocenters. The van der Waals surface area contributed by atoms with Crippen LogP contribution >= 0.6 is 0 Å². The van der Waals surface area contributed by atoms with E-state index in [0.29, 0.717) is 18.9 Å². The van der Waals surface area contributed by atoms with E-state index >= 15 is 0 Å². The van der Waals surface area contributed by atoms with Crippen LogP contribution in [0.25, 0.3) is 0 Å². The van der Waals surface area contributed by atoms with Gasteiger partial charge in [0.1, 0.15) is 18.2 Å². The highest BCUT2D eigenvalue weighted by Gasteiger charge is 2.03. The van der Waals surface area contributed by atoms with Gasteiger partial charge in [-0.25, -0.2) is 4.39 Å². The van der Waals surface area contributed by atoms with Crippen LogP contribution in [-0.4, -0.2) is 16.3 Å². The molecule has 0 radical (unpaired) electrons. The van der Waals surface area contributed by atoms with Gasteiger partial charge in [0.25, 0.3) is 0 Å². The average Bonchev–Trinajstić information content (AvgIpc) is 2.79. The van der Waals surface area contributed by atoms with Crippen LogP contribution in [0, 0.1) is 5.82 Å². The number of rotatable bonds is 6. The number of aromatic nitrogens is 2. The van der Waals surface area contributed by atoms with Gasteiger partial charge in [-0.2, -0.15) is 5.10 Å². The third-order valence-corrected chi connectivity index (χ3v) is 2.67. The molecule has 0 aliphatic heterocycles. The Labute approximate surface area is 112 Å². The Morgan fingerprint density at radius 1 is 1.32 bits per heavy atom. The average molecular weight is 263 g/mol. The zero-order chi connectivity index (χ0) is 13.7. The molecule has 0 spiro atoms. The van der Waals surface area contributed by atoms with Crippen LogP contribution in [0.2, 0.25) is 0 Å². The molecule has 2 rings (SSSR count). The molecule has 0 fully saturated rings. The van der Waals surface area contributed by atoms with Crippen LogP contribution in [0.3, 0.4) is 0 Å². The predicted molar refractivity (Wildman–Crippen MR) is 71.3 cm³/mol. The van der Waals surface area contributed by atoms with Crippen LogP contribution in [-0.2, 0) is 20.2 Å².